The summed E-state index contributed by atoms with van der Waals surface area (Å²) in [4.78, 5) is 5.23. The average molecular weight is 821 g/mol. The third-order valence-corrected chi connectivity index (χ3v) is 16.0. The molecular formula is C58H69BN2O. The molecular weight excluding hydrogens is 751 g/mol. The number of furan rings is 1. The van der Waals surface area contributed by atoms with E-state index < -0.39 is 0 Å². The van der Waals surface area contributed by atoms with Gasteiger partial charge in [0, 0.05) is 33.8 Å². The first-order valence-electron chi connectivity index (χ1n) is 23.6. The van der Waals surface area contributed by atoms with Crippen molar-refractivity contribution in [2.24, 2.45) is 0 Å². The van der Waals surface area contributed by atoms with E-state index in [1.807, 2.05) is 0 Å². The van der Waals surface area contributed by atoms with Crippen molar-refractivity contribution in [3.63, 3.8) is 0 Å². The maximum Gasteiger partial charge on any atom is 0.297 e. The van der Waals surface area contributed by atoms with Gasteiger partial charge in [-0.1, -0.05) is 127 Å². The fraction of sp³-hybridized carbons (Fsp3) is 0.448. The SMILES string of the molecule is Cc1cc2c3c(c1)N(c1cc4c(cc1C)C(C)(C)CCC4(C)C)c1c(oc4cc5c(cc14)C(C)(C)CCC5(C)C)B3c1cc(C(C)(C)C)ccc1N2c1cccc(C(C)(C)C)c1. The topological polar surface area (TPSA) is 19.6 Å². The van der Waals surface area contributed by atoms with E-state index in [0.717, 1.165) is 17.7 Å². The molecule has 2 aliphatic heterocycles. The van der Waals surface area contributed by atoms with Gasteiger partial charge in [-0.15, -0.1) is 0 Å². The van der Waals surface area contributed by atoms with Crippen LogP contribution in [0.1, 0.15) is 167 Å². The van der Waals surface area contributed by atoms with Gasteiger partial charge < -0.3 is 14.2 Å². The third kappa shape index (κ3) is 6.04. The lowest BCUT2D eigenvalue weighted by Gasteiger charge is -2.45. The monoisotopic (exact) mass is 821 g/mol. The highest BCUT2D eigenvalue weighted by molar-refractivity contribution is 7.00. The second kappa shape index (κ2) is 13.0. The predicted molar refractivity (Wildman–Crippen MR) is 268 cm³/mol. The molecule has 2 aliphatic carbocycles. The van der Waals surface area contributed by atoms with Gasteiger partial charge in [0.1, 0.15) is 5.58 Å². The molecule has 62 heavy (non-hydrogen) atoms. The summed E-state index contributed by atoms with van der Waals surface area (Å²) in [5, 5.41) is 1.23. The average Bonchev–Trinajstić information content (AvgIpc) is 3.55. The van der Waals surface area contributed by atoms with Crippen LogP contribution in [0.4, 0.5) is 34.1 Å². The second-order valence-electron chi connectivity index (χ2n) is 24.6. The van der Waals surface area contributed by atoms with Crippen molar-refractivity contribution in [2.75, 3.05) is 9.80 Å². The van der Waals surface area contributed by atoms with Crippen molar-refractivity contribution in [1.82, 2.24) is 0 Å². The molecule has 6 aromatic rings. The second-order valence-corrected chi connectivity index (χ2v) is 24.6. The van der Waals surface area contributed by atoms with Crippen molar-refractivity contribution in [2.45, 2.75) is 169 Å². The minimum absolute atomic E-state index is 0.00781. The maximum atomic E-state index is 7.60. The molecule has 0 saturated heterocycles. The molecule has 1 aromatic heterocycles. The summed E-state index contributed by atoms with van der Waals surface area (Å²) in [6.45, 7) is 38.1. The van der Waals surface area contributed by atoms with Gasteiger partial charge in [0.25, 0.3) is 6.71 Å². The molecule has 0 amide bonds. The van der Waals surface area contributed by atoms with Gasteiger partial charge in [0.2, 0.25) is 0 Å². The van der Waals surface area contributed by atoms with E-state index in [0.29, 0.717) is 0 Å². The Morgan fingerprint density at radius 1 is 0.532 bits per heavy atom. The Morgan fingerprint density at radius 2 is 1.06 bits per heavy atom. The molecule has 0 atom stereocenters. The largest absolute Gasteiger partial charge is 0.468 e. The molecule has 0 radical (unpaired) electrons. The highest BCUT2D eigenvalue weighted by Crippen LogP contribution is 2.54. The van der Waals surface area contributed by atoms with E-state index >= 15 is 0 Å². The summed E-state index contributed by atoms with van der Waals surface area (Å²) in [6, 6.07) is 31.6. The lowest BCUT2D eigenvalue weighted by molar-refractivity contribution is 0.332. The quantitative estimate of drug-likeness (QED) is 0.162. The lowest BCUT2D eigenvalue weighted by atomic mass is 9.35. The third-order valence-electron chi connectivity index (χ3n) is 16.0. The highest BCUT2D eigenvalue weighted by Gasteiger charge is 2.49. The van der Waals surface area contributed by atoms with E-state index in [4.69, 9.17) is 4.42 Å². The molecule has 0 spiro atoms. The predicted octanol–water partition coefficient (Wildman–Crippen LogP) is 14.4. The number of fused-ring (bicyclic) bond motifs is 8. The van der Waals surface area contributed by atoms with Gasteiger partial charge in [-0.3, -0.25) is 0 Å². The van der Waals surface area contributed by atoms with E-state index in [-0.39, 0.29) is 39.2 Å². The molecule has 0 bridgehead atoms. The molecule has 3 heterocycles. The standard InChI is InChI=1S/C58H69BN2O/c1-34-26-47-50-48(27-34)61(46-32-42-40(28-35(46)2)55(9,10)22-24-57(42,13)14)51-39-31-41-43(58(15,16)25-23-56(41,11)12)33-49(39)62-52(51)59(50)44-30-37(54(6,7)8)20-21-45(44)60(47)38-19-17-18-36(29-38)53(3,4)5/h17-21,26-33H,22-25H2,1-16H3. The van der Waals surface area contributed by atoms with Gasteiger partial charge in [0.05, 0.1) is 11.3 Å². The van der Waals surface area contributed by atoms with E-state index in [9.17, 15) is 0 Å². The van der Waals surface area contributed by atoms with E-state index in [1.165, 1.54) is 114 Å². The molecule has 0 unspecified atom stereocenters. The minimum atomic E-state index is -0.0926. The Kier molecular flexibility index (Phi) is 8.63. The Hall–Kier alpha value is -4.70. The van der Waals surface area contributed by atoms with Crippen LogP contribution in [0.2, 0.25) is 0 Å². The number of benzene rings is 5. The summed E-state index contributed by atoms with van der Waals surface area (Å²) >= 11 is 0. The Balaban J connectivity index is 1.36. The summed E-state index contributed by atoms with van der Waals surface area (Å²) in [5.41, 5.74) is 23.5. The minimum Gasteiger partial charge on any atom is -0.468 e. The molecule has 5 aromatic carbocycles. The molecule has 320 valence electrons. The first-order valence-corrected chi connectivity index (χ1v) is 23.6. The van der Waals surface area contributed by atoms with Crippen molar-refractivity contribution in [1.29, 1.82) is 0 Å². The number of hydrogen-bond donors (Lipinski definition) is 0. The van der Waals surface area contributed by atoms with E-state index in [2.05, 4.69) is 199 Å². The summed E-state index contributed by atoms with van der Waals surface area (Å²) in [7, 11) is 0. The fourth-order valence-electron chi connectivity index (χ4n) is 11.7. The number of hydrogen-bond acceptors (Lipinski definition) is 3. The van der Waals surface area contributed by atoms with Crippen molar-refractivity contribution in [3.8, 4) is 0 Å². The van der Waals surface area contributed by atoms with Crippen LogP contribution in [0.15, 0.2) is 83.3 Å². The van der Waals surface area contributed by atoms with Gasteiger partial charge in [-0.05, 0) is 176 Å². The number of nitrogens with zero attached hydrogens (tertiary/aromatic N) is 2. The number of rotatable bonds is 2. The molecule has 0 N–H and O–H groups in total. The molecule has 4 heteroatoms. The van der Waals surface area contributed by atoms with Crippen molar-refractivity contribution >= 4 is 68.4 Å². The highest BCUT2D eigenvalue weighted by atomic mass is 16.3. The summed E-state index contributed by atoms with van der Waals surface area (Å²) < 4.78 is 7.60. The van der Waals surface area contributed by atoms with Crippen LogP contribution in [0.3, 0.4) is 0 Å². The van der Waals surface area contributed by atoms with Crippen molar-refractivity contribution < 1.29 is 4.42 Å². The van der Waals surface area contributed by atoms with Crippen LogP contribution in [0.25, 0.3) is 11.0 Å². The first-order chi connectivity index (χ1) is 28.8. The van der Waals surface area contributed by atoms with Gasteiger partial charge in [-0.2, -0.15) is 0 Å². The molecule has 10 rings (SSSR count). The molecule has 3 nitrogen and oxygen atoms in total. The molecule has 4 aliphatic rings. The number of aryl methyl sites for hydroxylation is 2. The number of anilines is 6. The van der Waals surface area contributed by atoms with Crippen LogP contribution in [0.5, 0.6) is 0 Å². The van der Waals surface area contributed by atoms with Crippen LogP contribution in [-0.4, -0.2) is 6.71 Å². The van der Waals surface area contributed by atoms with Gasteiger partial charge in [-0.25, -0.2) is 0 Å². The molecule has 0 saturated carbocycles. The molecule has 0 fully saturated rings. The van der Waals surface area contributed by atoms with Crippen LogP contribution in [0, 0.1) is 13.8 Å². The van der Waals surface area contributed by atoms with Crippen LogP contribution >= 0.6 is 0 Å². The maximum absolute atomic E-state index is 7.60. The Morgan fingerprint density at radius 3 is 1.66 bits per heavy atom. The van der Waals surface area contributed by atoms with Gasteiger partial charge >= 0.3 is 0 Å². The first kappa shape index (κ1) is 41.3. The Bertz CT molecular complexity index is 2870. The van der Waals surface area contributed by atoms with Crippen LogP contribution < -0.4 is 26.4 Å². The normalized spacial score (nSPS) is 19.1. The van der Waals surface area contributed by atoms with Crippen molar-refractivity contribution in [3.05, 3.63) is 123 Å². The fourth-order valence-corrected chi connectivity index (χ4v) is 11.7. The van der Waals surface area contributed by atoms with Crippen LogP contribution in [-0.2, 0) is 32.5 Å². The zero-order valence-corrected chi connectivity index (χ0v) is 40.7. The zero-order chi connectivity index (χ0) is 44.4. The lowest BCUT2D eigenvalue weighted by Crippen LogP contribution is -2.61. The zero-order valence-electron chi connectivity index (χ0n) is 40.7. The Labute approximate surface area is 373 Å². The van der Waals surface area contributed by atoms with E-state index in [1.54, 1.807) is 0 Å². The summed E-state index contributed by atoms with van der Waals surface area (Å²) in [5.74, 6) is 0. The smallest absolute Gasteiger partial charge is 0.297 e. The summed E-state index contributed by atoms with van der Waals surface area (Å²) in [6.07, 6.45) is 4.69. The van der Waals surface area contributed by atoms with Gasteiger partial charge in [0.15, 0.2) is 0 Å².